The number of carbonyl (C=O) groups excluding carboxylic acids is 3. The fourth-order valence-electron chi connectivity index (χ4n) is 2.92. The third-order valence-electron chi connectivity index (χ3n) is 4.68. The van der Waals surface area contributed by atoms with Crippen LogP contribution in [0, 0.1) is 18.0 Å². The molecule has 0 aliphatic heterocycles. The van der Waals surface area contributed by atoms with Crippen LogP contribution in [0.1, 0.15) is 16.1 Å². The number of amides is 3. The van der Waals surface area contributed by atoms with E-state index >= 15 is 0 Å². The molecule has 0 spiro atoms. The minimum absolute atomic E-state index is 0. The number of carbonyl (C=O) groups is 2. The fraction of sp³-hybridized carbons (Fsp3) is 0.120. The van der Waals surface area contributed by atoms with Crippen LogP contribution in [-0.4, -0.2) is 46.8 Å². The number of aromatic nitrogens is 1. The predicted molar refractivity (Wildman–Crippen MR) is 130 cm³/mol. The summed E-state index contributed by atoms with van der Waals surface area (Å²) in [6.07, 6.45) is 2.91. The Kier molecular flexibility index (Phi) is 11.4. The van der Waals surface area contributed by atoms with Crippen molar-refractivity contribution in [3.63, 3.8) is 0 Å². The number of imide groups is 1. The van der Waals surface area contributed by atoms with Gasteiger partial charge in [0.1, 0.15) is 17.5 Å². The van der Waals surface area contributed by atoms with Gasteiger partial charge in [0.2, 0.25) is 0 Å². The van der Waals surface area contributed by atoms with Crippen molar-refractivity contribution in [2.24, 2.45) is 0 Å². The predicted octanol–water partition coefficient (Wildman–Crippen LogP) is 4.36. The van der Waals surface area contributed by atoms with E-state index in [1.165, 1.54) is 37.4 Å². The molecule has 0 unspecified atom stereocenters. The minimum Gasteiger partial charge on any atom is -0.533 e. The summed E-state index contributed by atoms with van der Waals surface area (Å²) in [5, 5.41) is 12.4. The summed E-state index contributed by atoms with van der Waals surface area (Å²) in [5.74, 6) is 0.321. The van der Waals surface area contributed by atoms with E-state index in [0.717, 1.165) is 5.56 Å². The molecule has 0 saturated carbocycles. The molecule has 12 heteroatoms. The van der Waals surface area contributed by atoms with E-state index in [-0.39, 0.29) is 29.3 Å². The number of rotatable bonds is 10. The summed E-state index contributed by atoms with van der Waals surface area (Å²) in [6, 6.07) is 17.7. The normalized spacial score (nSPS) is 9.76. The number of nitriles is 1. The number of pyridine rings is 1. The number of urea groups is 1. The van der Waals surface area contributed by atoms with E-state index < -0.39 is 18.5 Å². The van der Waals surface area contributed by atoms with Gasteiger partial charge in [-0.3, -0.25) is 0 Å². The Morgan fingerprint density at radius 2 is 1.84 bits per heavy atom. The molecule has 3 aromatic rings. The first kappa shape index (κ1) is 29.1. The van der Waals surface area contributed by atoms with E-state index in [1.807, 2.05) is 0 Å². The first-order valence-corrected chi connectivity index (χ1v) is 10.8. The Balaban J connectivity index is 0.00000481. The van der Waals surface area contributed by atoms with Gasteiger partial charge in [-0.15, -0.1) is 0 Å². The first-order chi connectivity index (χ1) is 17.4. The Hall–Kier alpha value is -4.10. The molecule has 37 heavy (non-hydrogen) atoms. The Morgan fingerprint density at radius 3 is 2.46 bits per heavy atom. The number of hydrogen-bond acceptors (Lipinski definition) is 8. The Morgan fingerprint density at radius 1 is 1.14 bits per heavy atom. The monoisotopic (exact) mass is 560 g/mol. The van der Waals surface area contributed by atoms with Gasteiger partial charge in [-0.05, 0) is 48.0 Å². The first-order valence-electron chi connectivity index (χ1n) is 10.4. The molecule has 3 amide bonds. The molecule has 0 bridgehead atoms. The maximum atomic E-state index is 12.8. The Bertz CT molecular complexity index is 1250. The zero-order valence-corrected chi connectivity index (χ0v) is 21.4. The van der Waals surface area contributed by atoms with Crippen molar-refractivity contribution < 1.29 is 40.9 Å². The number of nitrogens with one attached hydrogen (secondary N) is 1. The molecular formula is C25H20ClMnN5O5. The second-order valence-corrected chi connectivity index (χ2v) is 7.58. The molecule has 189 valence electrons. The summed E-state index contributed by atoms with van der Waals surface area (Å²) >= 11 is 5.93. The van der Waals surface area contributed by atoms with Crippen molar-refractivity contribution in [1.29, 1.82) is 5.26 Å². The van der Waals surface area contributed by atoms with Crippen LogP contribution in [-0.2, 0) is 33.1 Å². The zero-order valence-electron chi connectivity index (χ0n) is 19.4. The average Bonchev–Trinajstić information content (AvgIpc) is 2.91. The molecule has 0 atom stereocenters. The largest absolute Gasteiger partial charge is 2.00 e. The second kappa shape index (κ2) is 14.5. The van der Waals surface area contributed by atoms with Crippen molar-refractivity contribution in [2.75, 3.05) is 19.0 Å². The van der Waals surface area contributed by atoms with Crippen LogP contribution in [0.4, 0.5) is 10.5 Å². The molecule has 0 fully saturated rings. The molecule has 1 N–H and O–H groups in total. The number of benzene rings is 2. The van der Waals surface area contributed by atoms with E-state index in [1.54, 1.807) is 60.7 Å². The SMILES string of the molecule is COC(=O)c1cc(Oc2ccc(N[CH-]N(Cc3ccc(Cl)cc3)C(=O)N([C-]=O)CC#N)cc2)ccn1.[Mn+2]. The molecule has 1 aromatic heterocycles. The average molecular weight is 561 g/mol. The van der Waals surface area contributed by atoms with Gasteiger partial charge in [0.05, 0.1) is 26.1 Å². The molecule has 10 nitrogen and oxygen atoms in total. The standard InChI is InChI=1S/C25H20ClN5O5.Mn/c1-35-24(33)23-14-22(10-12-28-23)36-21-8-6-20(7-9-21)29-16-31(25(34)30(17-32)13-11-27)15-18-2-4-19(26)5-3-18;/h2-10,12,14,16,29H,13,15H2,1H3;/q-2;+2. The minimum atomic E-state index is -0.729. The molecule has 0 aliphatic carbocycles. The summed E-state index contributed by atoms with van der Waals surface area (Å²) in [5.41, 5.74) is 1.48. The summed E-state index contributed by atoms with van der Waals surface area (Å²) in [7, 11) is 1.27. The maximum absolute atomic E-state index is 12.8. The van der Waals surface area contributed by atoms with Crippen LogP contribution in [0.5, 0.6) is 11.5 Å². The molecule has 1 radical (unpaired) electrons. The topological polar surface area (TPSA) is 125 Å². The molecule has 1 heterocycles. The van der Waals surface area contributed by atoms with Crippen LogP contribution >= 0.6 is 11.6 Å². The second-order valence-electron chi connectivity index (χ2n) is 7.14. The molecule has 0 saturated heterocycles. The third kappa shape index (κ3) is 8.51. The molecule has 3 rings (SSSR count). The van der Waals surface area contributed by atoms with Gasteiger partial charge in [-0.25, -0.2) is 9.78 Å². The number of halogens is 1. The van der Waals surface area contributed by atoms with E-state index in [2.05, 4.69) is 15.0 Å². The van der Waals surface area contributed by atoms with Crippen molar-refractivity contribution in [3.8, 4) is 17.6 Å². The van der Waals surface area contributed by atoms with E-state index in [9.17, 15) is 14.4 Å². The number of anilines is 1. The van der Waals surface area contributed by atoms with Crippen LogP contribution < -0.4 is 10.1 Å². The Labute approximate surface area is 229 Å². The van der Waals surface area contributed by atoms with Gasteiger partial charge < -0.3 is 34.2 Å². The van der Waals surface area contributed by atoms with Crippen molar-refractivity contribution in [3.05, 3.63) is 89.8 Å². The zero-order chi connectivity index (χ0) is 25.9. The van der Waals surface area contributed by atoms with E-state index in [4.69, 9.17) is 21.6 Å². The van der Waals surface area contributed by atoms with Gasteiger partial charge in [-0.1, -0.05) is 23.7 Å². The smallest absolute Gasteiger partial charge is 0.533 e. The third-order valence-corrected chi connectivity index (χ3v) is 4.94. The number of hydrogen-bond donors (Lipinski definition) is 1. The van der Waals surface area contributed by atoms with Crippen LogP contribution in [0.3, 0.4) is 0 Å². The molecule has 0 aliphatic rings. The van der Waals surface area contributed by atoms with Crippen LogP contribution in [0.25, 0.3) is 0 Å². The summed E-state index contributed by atoms with van der Waals surface area (Å²) in [4.78, 5) is 41.4. The van der Waals surface area contributed by atoms with Gasteiger partial charge in [0.25, 0.3) is 0 Å². The number of esters is 1. The van der Waals surface area contributed by atoms with Gasteiger partial charge in [-0.2, -0.15) is 11.9 Å². The van der Waals surface area contributed by atoms with Gasteiger partial charge in [0, 0.05) is 29.5 Å². The van der Waals surface area contributed by atoms with Crippen molar-refractivity contribution in [2.45, 2.75) is 6.54 Å². The number of methoxy groups -OCH3 is 1. The quantitative estimate of drug-likeness (QED) is 0.127. The summed E-state index contributed by atoms with van der Waals surface area (Å²) in [6.45, 7) is 1.06. The maximum Gasteiger partial charge on any atom is 2.00 e. The molecule has 2 aromatic carbocycles. The van der Waals surface area contributed by atoms with Crippen molar-refractivity contribution in [1.82, 2.24) is 14.8 Å². The van der Waals surface area contributed by atoms with Crippen molar-refractivity contribution >= 4 is 35.7 Å². The van der Waals surface area contributed by atoms with Gasteiger partial charge in [0.15, 0.2) is 5.69 Å². The van der Waals surface area contributed by atoms with Crippen LogP contribution in [0.15, 0.2) is 66.9 Å². The fourth-order valence-corrected chi connectivity index (χ4v) is 3.04. The number of nitrogens with zero attached hydrogens (tertiary/aromatic N) is 4. The van der Waals surface area contributed by atoms with Gasteiger partial charge >= 0.3 is 23.0 Å². The van der Waals surface area contributed by atoms with Crippen LogP contribution in [0.2, 0.25) is 5.02 Å². The number of ether oxygens (including phenoxy) is 2. The van der Waals surface area contributed by atoms with E-state index in [0.29, 0.717) is 27.1 Å². The summed E-state index contributed by atoms with van der Waals surface area (Å²) < 4.78 is 10.4. The molecular weight excluding hydrogens is 541 g/mol.